The number of halogens is 1. The largest absolute Gasteiger partial charge is 0.324 e. The van der Waals surface area contributed by atoms with Gasteiger partial charge < -0.3 is 10.6 Å². The molecule has 0 aliphatic carbocycles. The molecule has 0 saturated carbocycles. The number of hydrogen-bond acceptors (Lipinski definition) is 3. The maximum Gasteiger partial charge on any atom is 0.246 e. The van der Waals surface area contributed by atoms with E-state index in [9.17, 15) is 4.79 Å². The number of amides is 1. The zero-order valence-corrected chi connectivity index (χ0v) is 14.1. The van der Waals surface area contributed by atoms with E-state index in [2.05, 4.69) is 21.6 Å². The van der Waals surface area contributed by atoms with Crippen molar-refractivity contribution in [3.05, 3.63) is 64.7 Å². The number of benzene rings is 2. The summed E-state index contributed by atoms with van der Waals surface area (Å²) in [4.78, 5) is 15.3. The van der Waals surface area contributed by atoms with Crippen molar-refractivity contribution < 1.29 is 4.79 Å². The normalized spacial score (nSPS) is 23.8. The summed E-state index contributed by atoms with van der Waals surface area (Å²) in [5.41, 5.74) is 2.74. The van der Waals surface area contributed by atoms with Crippen LogP contribution in [0.1, 0.15) is 17.5 Å². The molecular formula is C19H20ClN3O. The molecule has 2 aliphatic heterocycles. The van der Waals surface area contributed by atoms with Crippen molar-refractivity contribution in [2.45, 2.75) is 25.0 Å². The van der Waals surface area contributed by atoms with Crippen molar-refractivity contribution in [3.8, 4) is 0 Å². The van der Waals surface area contributed by atoms with E-state index in [4.69, 9.17) is 11.6 Å². The molecule has 0 bridgehead atoms. The minimum absolute atomic E-state index is 0.0893. The Morgan fingerprint density at radius 2 is 1.92 bits per heavy atom. The lowest BCUT2D eigenvalue weighted by molar-refractivity contribution is -0.127. The van der Waals surface area contributed by atoms with Crippen molar-refractivity contribution in [3.63, 3.8) is 0 Å². The third-order valence-corrected chi connectivity index (χ3v) is 5.33. The fourth-order valence-electron chi connectivity index (χ4n) is 3.68. The molecular weight excluding hydrogens is 322 g/mol. The number of carbonyl (C=O) groups is 1. The van der Waals surface area contributed by atoms with Crippen LogP contribution in [-0.4, -0.2) is 29.4 Å². The number of fused-ring (bicyclic) bond motifs is 1. The van der Waals surface area contributed by atoms with Gasteiger partial charge in [-0.15, -0.1) is 0 Å². The summed E-state index contributed by atoms with van der Waals surface area (Å²) in [5, 5.41) is 7.24. The predicted octanol–water partition coefficient (Wildman–Crippen LogP) is 3.03. The van der Waals surface area contributed by atoms with Crippen LogP contribution in [0, 0.1) is 0 Å². The number of nitrogens with zero attached hydrogens (tertiary/aromatic N) is 1. The summed E-state index contributed by atoms with van der Waals surface area (Å²) in [5.74, 6) is 0.0893. The van der Waals surface area contributed by atoms with Crippen LogP contribution in [0.2, 0.25) is 5.02 Å². The Labute approximate surface area is 146 Å². The lowest BCUT2D eigenvalue weighted by Crippen LogP contribution is -2.56. The van der Waals surface area contributed by atoms with Gasteiger partial charge in [-0.2, -0.15) is 0 Å². The maximum atomic E-state index is 13.0. The lowest BCUT2D eigenvalue weighted by atomic mass is 9.94. The molecule has 1 fully saturated rings. The van der Waals surface area contributed by atoms with Gasteiger partial charge >= 0.3 is 0 Å². The first-order valence-corrected chi connectivity index (χ1v) is 8.65. The number of para-hydroxylation sites is 1. The summed E-state index contributed by atoms with van der Waals surface area (Å²) in [6.45, 7) is 3.01. The lowest BCUT2D eigenvalue weighted by Gasteiger charge is -2.37. The topological polar surface area (TPSA) is 44.4 Å². The molecule has 2 aromatic rings. The average molecular weight is 342 g/mol. The van der Waals surface area contributed by atoms with Crippen molar-refractivity contribution in [2.24, 2.45) is 0 Å². The number of anilines is 1. The van der Waals surface area contributed by atoms with Gasteiger partial charge in [-0.3, -0.25) is 9.69 Å². The minimum Gasteiger partial charge on any atom is -0.324 e. The second kappa shape index (κ2) is 6.20. The Balaban J connectivity index is 1.72. The molecule has 24 heavy (non-hydrogen) atoms. The van der Waals surface area contributed by atoms with Gasteiger partial charge in [0.25, 0.3) is 0 Å². The molecule has 0 radical (unpaired) electrons. The van der Waals surface area contributed by atoms with Crippen LogP contribution in [0.5, 0.6) is 0 Å². The van der Waals surface area contributed by atoms with Crippen LogP contribution in [-0.2, 0) is 17.9 Å². The third kappa shape index (κ3) is 2.71. The third-order valence-electron chi connectivity index (χ3n) is 5.07. The van der Waals surface area contributed by atoms with Crippen LogP contribution >= 0.6 is 11.6 Å². The molecule has 1 amide bonds. The highest BCUT2D eigenvalue weighted by Gasteiger charge is 2.47. The Bertz CT molecular complexity index is 753. The van der Waals surface area contributed by atoms with Crippen molar-refractivity contribution in [1.82, 2.24) is 10.2 Å². The van der Waals surface area contributed by atoms with E-state index in [1.165, 1.54) is 0 Å². The summed E-state index contributed by atoms with van der Waals surface area (Å²) in [6.07, 6.45) is 0.820. The molecule has 2 heterocycles. The first-order valence-electron chi connectivity index (χ1n) is 8.27. The van der Waals surface area contributed by atoms with Gasteiger partial charge in [0.15, 0.2) is 0 Å². The smallest absolute Gasteiger partial charge is 0.246 e. The molecule has 1 atom stereocenters. The molecule has 0 aromatic heterocycles. The van der Waals surface area contributed by atoms with Gasteiger partial charge in [0.1, 0.15) is 5.54 Å². The standard InChI is InChI=1S/C19H20ClN3O/c20-16-7-5-14(6-8-16)11-23-12-15-3-1-2-4-17(15)22-18(24)19(23)9-10-21-13-19/h1-8,21H,9-13H2,(H,22,24). The average Bonchev–Trinajstić information content (AvgIpc) is 3.05. The van der Waals surface area contributed by atoms with Crippen molar-refractivity contribution >= 4 is 23.2 Å². The predicted molar refractivity (Wildman–Crippen MR) is 96.0 cm³/mol. The summed E-state index contributed by atoms with van der Waals surface area (Å²) < 4.78 is 0. The maximum absolute atomic E-state index is 13.0. The molecule has 1 spiro atoms. The highest BCUT2D eigenvalue weighted by molar-refractivity contribution is 6.30. The van der Waals surface area contributed by atoms with E-state index in [1.54, 1.807) is 0 Å². The fraction of sp³-hybridized carbons (Fsp3) is 0.316. The van der Waals surface area contributed by atoms with Gasteiger partial charge in [-0.05, 0) is 42.3 Å². The first kappa shape index (κ1) is 15.6. The van der Waals surface area contributed by atoms with Gasteiger partial charge in [-0.1, -0.05) is 41.9 Å². The van der Waals surface area contributed by atoms with Crippen LogP contribution in [0.3, 0.4) is 0 Å². The Hall–Kier alpha value is -1.88. The summed E-state index contributed by atoms with van der Waals surface area (Å²) in [7, 11) is 0. The van der Waals surface area contributed by atoms with Crippen LogP contribution in [0.25, 0.3) is 0 Å². The number of rotatable bonds is 2. The van der Waals surface area contributed by atoms with E-state index in [1.807, 2.05) is 42.5 Å². The highest BCUT2D eigenvalue weighted by atomic mass is 35.5. The zero-order valence-electron chi connectivity index (χ0n) is 13.4. The fourth-order valence-corrected chi connectivity index (χ4v) is 3.81. The second-order valence-electron chi connectivity index (χ2n) is 6.55. The van der Waals surface area contributed by atoms with E-state index in [0.717, 1.165) is 47.9 Å². The zero-order chi connectivity index (χ0) is 16.6. The monoisotopic (exact) mass is 341 g/mol. The highest BCUT2D eigenvalue weighted by Crippen LogP contribution is 2.34. The number of nitrogens with one attached hydrogen (secondary N) is 2. The van der Waals surface area contributed by atoms with Gasteiger partial charge in [0, 0.05) is 30.3 Å². The van der Waals surface area contributed by atoms with Crippen molar-refractivity contribution in [2.75, 3.05) is 18.4 Å². The summed E-state index contributed by atoms with van der Waals surface area (Å²) in [6, 6.07) is 15.9. The molecule has 1 saturated heterocycles. The molecule has 4 rings (SSSR count). The van der Waals surface area contributed by atoms with E-state index < -0.39 is 5.54 Å². The molecule has 5 heteroatoms. The molecule has 2 N–H and O–H groups in total. The van der Waals surface area contributed by atoms with E-state index in [-0.39, 0.29) is 5.91 Å². The van der Waals surface area contributed by atoms with Crippen LogP contribution in [0.4, 0.5) is 5.69 Å². The Kier molecular flexibility index (Phi) is 4.04. The van der Waals surface area contributed by atoms with Gasteiger partial charge in [0.05, 0.1) is 0 Å². The molecule has 2 aliphatic rings. The second-order valence-corrected chi connectivity index (χ2v) is 6.99. The molecule has 124 valence electrons. The number of carbonyl (C=O) groups excluding carboxylic acids is 1. The van der Waals surface area contributed by atoms with Crippen LogP contribution in [0.15, 0.2) is 48.5 Å². The van der Waals surface area contributed by atoms with Gasteiger partial charge in [0.2, 0.25) is 5.91 Å². The summed E-state index contributed by atoms with van der Waals surface area (Å²) >= 11 is 6.00. The van der Waals surface area contributed by atoms with E-state index in [0.29, 0.717) is 6.54 Å². The van der Waals surface area contributed by atoms with Crippen LogP contribution < -0.4 is 10.6 Å². The quantitative estimate of drug-likeness (QED) is 0.882. The van der Waals surface area contributed by atoms with Gasteiger partial charge in [-0.25, -0.2) is 0 Å². The Morgan fingerprint density at radius 1 is 1.12 bits per heavy atom. The SMILES string of the molecule is O=C1Nc2ccccc2CN(Cc2ccc(Cl)cc2)C12CCNC2. The molecule has 4 nitrogen and oxygen atoms in total. The van der Waals surface area contributed by atoms with E-state index >= 15 is 0 Å². The molecule has 2 aromatic carbocycles. The first-order chi connectivity index (χ1) is 11.7. The molecule has 1 unspecified atom stereocenters. The number of hydrogen-bond donors (Lipinski definition) is 2. The minimum atomic E-state index is -0.501. The van der Waals surface area contributed by atoms with Crippen molar-refractivity contribution in [1.29, 1.82) is 0 Å². The Morgan fingerprint density at radius 3 is 2.67 bits per heavy atom.